The van der Waals surface area contributed by atoms with Crippen LogP contribution in [0.25, 0.3) is 11.3 Å². The summed E-state index contributed by atoms with van der Waals surface area (Å²) in [6.45, 7) is 5.03. The number of benzene rings is 1. The van der Waals surface area contributed by atoms with Crippen molar-refractivity contribution in [1.82, 2.24) is 19.9 Å². The molecule has 2 aromatic heterocycles. The number of aryl methyl sites for hydroxylation is 1. The normalized spacial score (nSPS) is 14.8. The molecule has 3 aromatic rings. The van der Waals surface area contributed by atoms with Crippen molar-refractivity contribution in [3.05, 3.63) is 57.9 Å². The van der Waals surface area contributed by atoms with E-state index in [2.05, 4.69) is 16.8 Å². The zero-order valence-electron chi connectivity index (χ0n) is 14.9. The van der Waals surface area contributed by atoms with Crippen LogP contribution in [0.3, 0.4) is 0 Å². The fourth-order valence-corrected chi connectivity index (χ4v) is 4.05. The highest BCUT2D eigenvalue weighted by Crippen LogP contribution is 2.28. The molecule has 0 amide bonds. The standard InChI is InChI=1S/C20H22N4OS/c1-2-19-22-18-8-10-24(12-16-11-21-13-26-16)9-7-17(18)20(23-19)14-3-5-15(25)6-4-14/h3-6,11,13,25H,2,7-10,12H2,1H3. The van der Waals surface area contributed by atoms with E-state index in [-0.39, 0.29) is 5.75 Å². The van der Waals surface area contributed by atoms with E-state index in [9.17, 15) is 5.11 Å². The van der Waals surface area contributed by atoms with Crippen LogP contribution >= 0.6 is 11.3 Å². The summed E-state index contributed by atoms with van der Waals surface area (Å²) in [5.74, 6) is 1.17. The van der Waals surface area contributed by atoms with Crippen molar-refractivity contribution in [2.75, 3.05) is 13.1 Å². The number of thiazole rings is 1. The number of phenolic OH excluding ortho intramolecular Hbond substituents is 1. The molecular weight excluding hydrogens is 344 g/mol. The summed E-state index contributed by atoms with van der Waals surface area (Å²) >= 11 is 1.71. The average Bonchev–Trinajstić information content (AvgIpc) is 3.09. The Kier molecular flexibility index (Phi) is 4.95. The van der Waals surface area contributed by atoms with Crippen LogP contribution in [0, 0.1) is 0 Å². The van der Waals surface area contributed by atoms with E-state index >= 15 is 0 Å². The fraction of sp³-hybridized carbons (Fsp3) is 0.350. The second-order valence-corrected chi connectivity index (χ2v) is 7.53. The lowest BCUT2D eigenvalue weighted by atomic mass is 10.0. The average molecular weight is 366 g/mol. The topological polar surface area (TPSA) is 62.1 Å². The molecule has 0 radical (unpaired) electrons. The number of aromatic hydroxyl groups is 1. The number of hydrogen-bond donors (Lipinski definition) is 1. The lowest BCUT2D eigenvalue weighted by molar-refractivity contribution is 0.281. The first-order valence-electron chi connectivity index (χ1n) is 9.00. The first-order chi connectivity index (χ1) is 12.7. The van der Waals surface area contributed by atoms with E-state index in [1.807, 2.05) is 23.8 Å². The minimum Gasteiger partial charge on any atom is -0.508 e. The highest BCUT2D eigenvalue weighted by atomic mass is 32.1. The van der Waals surface area contributed by atoms with Crippen LogP contribution in [0.5, 0.6) is 5.75 Å². The summed E-state index contributed by atoms with van der Waals surface area (Å²) in [5, 5.41) is 9.60. The monoisotopic (exact) mass is 366 g/mol. The first kappa shape index (κ1) is 17.1. The lowest BCUT2D eigenvalue weighted by Crippen LogP contribution is -2.25. The summed E-state index contributed by atoms with van der Waals surface area (Å²) < 4.78 is 0. The van der Waals surface area contributed by atoms with Gasteiger partial charge in [-0.2, -0.15) is 0 Å². The van der Waals surface area contributed by atoms with Crippen molar-refractivity contribution in [3.63, 3.8) is 0 Å². The zero-order chi connectivity index (χ0) is 17.9. The highest BCUT2D eigenvalue weighted by molar-refractivity contribution is 7.09. The summed E-state index contributed by atoms with van der Waals surface area (Å²) in [5.41, 5.74) is 6.38. The van der Waals surface area contributed by atoms with Gasteiger partial charge in [0.15, 0.2) is 0 Å². The molecule has 1 aromatic carbocycles. The van der Waals surface area contributed by atoms with Gasteiger partial charge in [-0.3, -0.25) is 9.88 Å². The number of fused-ring (bicyclic) bond motifs is 1. The molecule has 0 saturated carbocycles. The van der Waals surface area contributed by atoms with Gasteiger partial charge in [-0.25, -0.2) is 9.97 Å². The molecule has 1 N–H and O–H groups in total. The van der Waals surface area contributed by atoms with Gasteiger partial charge in [0.05, 0.1) is 11.2 Å². The molecule has 0 spiro atoms. The van der Waals surface area contributed by atoms with Gasteiger partial charge >= 0.3 is 0 Å². The third-order valence-corrected chi connectivity index (χ3v) is 5.57. The van der Waals surface area contributed by atoms with Gasteiger partial charge in [0.25, 0.3) is 0 Å². The Balaban J connectivity index is 1.65. The molecule has 0 aliphatic carbocycles. The van der Waals surface area contributed by atoms with Crippen LogP contribution in [-0.2, 0) is 25.8 Å². The molecule has 4 rings (SSSR count). The van der Waals surface area contributed by atoms with Gasteiger partial charge in [-0.15, -0.1) is 11.3 Å². The van der Waals surface area contributed by atoms with Crippen molar-refractivity contribution in [1.29, 1.82) is 0 Å². The molecule has 0 fully saturated rings. The quantitative estimate of drug-likeness (QED) is 0.766. The van der Waals surface area contributed by atoms with Crippen LogP contribution in [0.4, 0.5) is 0 Å². The van der Waals surface area contributed by atoms with Crippen LogP contribution in [0.1, 0.15) is 28.9 Å². The van der Waals surface area contributed by atoms with Crippen molar-refractivity contribution in [3.8, 4) is 17.0 Å². The predicted molar refractivity (Wildman–Crippen MR) is 103 cm³/mol. The molecule has 1 aliphatic rings. The molecule has 3 heterocycles. The van der Waals surface area contributed by atoms with Crippen LogP contribution < -0.4 is 0 Å². The van der Waals surface area contributed by atoms with E-state index < -0.39 is 0 Å². The molecule has 0 atom stereocenters. The summed E-state index contributed by atoms with van der Waals surface area (Å²) in [6.07, 6.45) is 4.66. The Morgan fingerprint density at radius 3 is 2.65 bits per heavy atom. The molecule has 0 saturated heterocycles. The van der Waals surface area contributed by atoms with Gasteiger partial charge in [-0.05, 0) is 30.7 Å². The Labute approximate surface area is 157 Å². The van der Waals surface area contributed by atoms with Crippen LogP contribution in [-0.4, -0.2) is 38.0 Å². The van der Waals surface area contributed by atoms with Crippen molar-refractivity contribution < 1.29 is 5.11 Å². The zero-order valence-corrected chi connectivity index (χ0v) is 15.7. The Bertz CT molecular complexity index is 878. The van der Waals surface area contributed by atoms with Crippen molar-refractivity contribution >= 4 is 11.3 Å². The molecular formula is C20H22N4OS. The molecule has 5 nitrogen and oxygen atoms in total. The summed E-state index contributed by atoms with van der Waals surface area (Å²) in [7, 11) is 0. The number of phenols is 1. The fourth-order valence-electron chi connectivity index (χ4n) is 3.41. The number of rotatable bonds is 4. The maximum absolute atomic E-state index is 9.60. The van der Waals surface area contributed by atoms with Gasteiger partial charge < -0.3 is 5.11 Å². The number of aromatic nitrogens is 3. The van der Waals surface area contributed by atoms with Gasteiger partial charge in [-0.1, -0.05) is 6.92 Å². The second kappa shape index (κ2) is 7.51. The van der Waals surface area contributed by atoms with E-state index in [1.165, 1.54) is 16.1 Å². The highest BCUT2D eigenvalue weighted by Gasteiger charge is 2.21. The Morgan fingerprint density at radius 1 is 1.12 bits per heavy atom. The number of nitrogens with zero attached hydrogens (tertiary/aromatic N) is 4. The van der Waals surface area contributed by atoms with Gasteiger partial charge in [0.1, 0.15) is 11.6 Å². The smallest absolute Gasteiger partial charge is 0.129 e. The van der Waals surface area contributed by atoms with Crippen LogP contribution in [0.15, 0.2) is 36.0 Å². The molecule has 0 unspecified atom stereocenters. The van der Waals surface area contributed by atoms with E-state index in [4.69, 9.17) is 9.97 Å². The van der Waals surface area contributed by atoms with Gasteiger partial charge in [0, 0.05) is 60.4 Å². The minimum absolute atomic E-state index is 0.278. The maximum Gasteiger partial charge on any atom is 0.129 e. The SMILES string of the molecule is CCc1nc2c(c(-c3ccc(O)cc3)n1)CCN(Cc1cncs1)CC2. The van der Waals surface area contributed by atoms with E-state index in [0.717, 1.165) is 56.0 Å². The summed E-state index contributed by atoms with van der Waals surface area (Å²) in [6, 6.07) is 7.33. The van der Waals surface area contributed by atoms with Crippen LogP contribution in [0.2, 0.25) is 0 Å². The molecule has 0 bridgehead atoms. The minimum atomic E-state index is 0.278. The lowest BCUT2D eigenvalue weighted by Gasteiger charge is -2.18. The Hall–Kier alpha value is -2.31. The predicted octanol–water partition coefficient (Wildman–Crippen LogP) is 3.47. The Morgan fingerprint density at radius 2 is 1.92 bits per heavy atom. The second-order valence-electron chi connectivity index (χ2n) is 6.56. The molecule has 1 aliphatic heterocycles. The van der Waals surface area contributed by atoms with E-state index in [1.54, 1.807) is 23.5 Å². The van der Waals surface area contributed by atoms with Crippen molar-refractivity contribution in [2.24, 2.45) is 0 Å². The van der Waals surface area contributed by atoms with E-state index in [0.29, 0.717) is 0 Å². The van der Waals surface area contributed by atoms with Crippen molar-refractivity contribution in [2.45, 2.75) is 32.7 Å². The largest absolute Gasteiger partial charge is 0.508 e. The van der Waals surface area contributed by atoms with Gasteiger partial charge in [0.2, 0.25) is 0 Å². The maximum atomic E-state index is 9.60. The molecule has 6 heteroatoms. The first-order valence-corrected chi connectivity index (χ1v) is 9.88. The third kappa shape index (κ3) is 3.61. The molecule has 26 heavy (non-hydrogen) atoms. The summed E-state index contributed by atoms with van der Waals surface area (Å²) in [4.78, 5) is 17.6. The number of hydrogen-bond acceptors (Lipinski definition) is 6. The molecule has 134 valence electrons. The third-order valence-electron chi connectivity index (χ3n) is 4.80.